The normalized spacial score (nSPS) is 15.5. The minimum absolute atomic E-state index is 0.0120. The number of hydrogen-bond acceptors (Lipinski definition) is 6. The number of hydrogen-bond donors (Lipinski definition) is 1. The van der Waals surface area contributed by atoms with E-state index in [1.165, 1.54) is 4.90 Å². The van der Waals surface area contributed by atoms with Crippen molar-refractivity contribution in [3.8, 4) is 0 Å². The highest BCUT2D eigenvalue weighted by Crippen LogP contribution is 2.23. The molecule has 1 N–H and O–H groups in total. The average Bonchev–Trinajstić information content (AvgIpc) is 2.67. The molecule has 0 atom stereocenters. The maximum Gasteiger partial charge on any atom is 0.422 e. The predicted molar refractivity (Wildman–Crippen MR) is 101 cm³/mol. The molecule has 2 rings (SSSR count). The summed E-state index contributed by atoms with van der Waals surface area (Å²) in [5, 5.41) is 2.18. The van der Waals surface area contributed by atoms with Crippen molar-refractivity contribution < 1.29 is 45.0 Å². The quantitative estimate of drug-likeness (QED) is 0.638. The summed E-state index contributed by atoms with van der Waals surface area (Å²) in [7, 11) is -3.58. The molecule has 1 aromatic rings. The molecule has 1 aliphatic rings. The van der Waals surface area contributed by atoms with E-state index in [0.717, 1.165) is 24.5 Å². The Hall–Kier alpha value is -2.57. The van der Waals surface area contributed by atoms with Gasteiger partial charge in [0.05, 0.1) is 17.2 Å². The number of anilines is 1. The number of rotatable bonds is 6. The number of carbonyl (C=O) groups is 2. The van der Waals surface area contributed by atoms with Gasteiger partial charge in [-0.1, -0.05) is 0 Å². The number of halogens is 4. The number of amides is 2. The van der Waals surface area contributed by atoms with Crippen LogP contribution in [0, 0.1) is 11.7 Å². The van der Waals surface area contributed by atoms with Gasteiger partial charge in [-0.25, -0.2) is 22.4 Å². The van der Waals surface area contributed by atoms with Crippen LogP contribution in [0.1, 0.15) is 19.3 Å². The van der Waals surface area contributed by atoms with Crippen LogP contribution in [0.2, 0.25) is 0 Å². The van der Waals surface area contributed by atoms with Crippen molar-refractivity contribution in [1.29, 1.82) is 0 Å². The Morgan fingerprint density at radius 1 is 1.19 bits per heavy atom. The largest absolute Gasteiger partial charge is 0.449 e. The van der Waals surface area contributed by atoms with Gasteiger partial charge in [-0.15, -0.1) is 0 Å². The number of carbonyl (C=O) groups excluding carboxylic acids is 2. The first kappa shape index (κ1) is 24.7. The first-order valence-electron chi connectivity index (χ1n) is 9.27. The fourth-order valence-electron chi connectivity index (χ4n) is 2.93. The molecule has 1 heterocycles. The van der Waals surface area contributed by atoms with Gasteiger partial charge >= 0.3 is 18.4 Å². The molecule has 0 spiro atoms. The van der Waals surface area contributed by atoms with Gasteiger partial charge in [-0.3, -0.25) is 5.32 Å². The standard InChI is InChI=1S/C18H22F4N2O6S/c1-31(27,28)13-2-3-15(14(19)10-13)23-16(25)29-9-6-12-4-7-24(8-5-12)17(26)30-11-18(20,21)22/h2-3,10,12H,4-9,11H2,1H3,(H,23,25). The second kappa shape index (κ2) is 10.2. The number of ether oxygens (including phenoxy) is 2. The molecule has 0 bridgehead atoms. The zero-order valence-corrected chi connectivity index (χ0v) is 17.4. The van der Waals surface area contributed by atoms with Crippen LogP contribution in [0.15, 0.2) is 23.1 Å². The Balaban J connectivity index is 1.70. The molecule has 0 aromatic heterocycles. The summed E-state index contributed by atoms with van der Waals surface area (Å²) < 4.78 is 82.2. The van der Waals surface area contributed by atoms with Gasteiger partial charge in [0.2, 0.25) is 0 Å². The highest BCUT2D eigenvalue weighted by molar-refractivity contribution is 7.90. The van der Waals surface area contributed by atoms with Crippen molar-refractivity contribution in [3.63, 3.8) is 0 Å². The third kappa shape index (κ3) is 8.23. The molecule has 1 aliphatic heterocycles. The maximum atomic E-state index is 13.9. The van der Waals surface area contributed by atoms with Crippen LogP contribution in [0.5, 0.6) is 0 Å². The average molecular weight is 470 g/mol. The van der Waals surface area contributed by atoms with Crippen LogP contribution < -0.4 is 5.32 Å². The van der Waals surface area contributed by atoms with Gasteiger partial charge in [0.15, 0.2) is 16.4 Å². The topological polar surface area (TPSA) is 102 Å². The first-order chi connectivity index (χ1) is 14.3. The minimum Gasteiger partial charge on any atom is -0.449 e. The monoisotopic (exact) mass is 470 g/mol. The number of benzene rings is 1. The second-order valence-corrected chi connectivity index (χ2v) is 9.08. The molecule has 0 saturated carbocycles. The molecule has 0 radical (unpaired) electrons. The summed E-state index contributed by atoms with van der Waals surface area (Å²) in [5.74, 6) is -0.838. The van der Waals surface area contributed by atoms with Gasteiger partial charge in [-0.05, 0) is 43.4 Å². The van der Waals surface area contributed by atoms with Gasteiger partial charge in [0, 0.05) is 19.3 Å². The van der Waals surface area contributed by atoms with Gasteiger partial charge < -0.3 is 14.4 Å². The van der Waals surface area contributed by atoms with Gasteiger partial charge in [-0.2, -0.15) is 13.2 Å². The molecule has 1 saturated heterocycles. The Labute approximate surface area is 176 Å². The summed E-state index contributed by atoms with van der Waals surface area (Å²) in [5.41, 5.74) is -0.233. The van der Waals surface area contributed by atoms with E-state index in [2.05, 4.69) is 10.1 Å². The lowest BCUT2D eigenvalue weighted by molar-refractivity contribution is -0.162. The van der Waals surface area contributed by atoms with E-state index in [-0.39, 0.29) is 36.2 Å². The van der Waals surface area contributed by atoms with E-state index in [0.29, 0.717) is 19.3 Å². The van der Waals surface area contributed by atoms with Crippen LogP contribution in [-0.2, 0) is 19.3 Å². The fourth-order valence-corrected chi connectivity index (χ4v) is 3.56. The smallest absolute Gasteiger partial charge is 0.422 e. The van der Waals surface area contributed by atoms with E-state index >= 15 is 0 Å². The van der Waals surface area contributed by atoms with Crippen LogP contribution in [0.3, 0.4) is 0 Å². The van der Waals surface area contributed by atoms with Crippen LogP contribution >= 0.6 is 0 Å². The minimum atomic E-state index is -4.58. The number of alkyl halides is 3. The number of piperidine rings is 1. The summed E-state index contributed by atoms with van der Waals surface area (Å²) >= 11 is 0. The van der Waals surface area contributed by atoms with Crippen molar-refractivity contribution in [1.82, 2.24) is 4.90 Å². The summed E-state index contributed by atoms with van der Waals surface area (Å²) in [4.78, 5) is 24.4. The second-order valence-electron chi connectivity index (χ2n) is 7.06. The van der Waals surface area contributed by atoms with E-state index in [1.54, 1.807) is 0 Å². The van der Waals surface area contributed by atoms with E-state index in [1.807, 2.05) is 0 Å². The Bertz CT molecular complexity index is 899. The Morgan fingerprint density at radius 3 is 2.39 bits per heavy atom. The molecular weight excluding hydrogens is 448 g/mol. The highest BCUT2D eigenvalue weighted by Gasteiger charge is 2.31. The third-order valence-corrected chi connectivity index (χ3v) is 5.71. The molecule has 1 aromatic carbocycles. The van der Waals surface area contributed by atoms with Crippen molar-refractivity contribution >= 4 is 27.7 Å². The van der Waals surface area contributed by atoms with Crippen molar-refractivity contribution in [2.24, 2.45) is 5.92 Å². The van der Waals surface area contributed by atoms with Gasteiger partial charge in [0.25, 0.3) is 0 Å². The Kier molecular flexibility index (Phi) is 8.09. The number of sulfone groups is 1. The maximum absolute atomic E-state index is 13.9. The van der Waals surface area contributed by atoms with Crippen LogP contribution in [0.25, 0.3) is 0 Å². The lowest BCUT2D eigenvalue weighted by Crippen LogP contribution is -2.40. The number of likely N-dealkylation sites (tertiary alicyclic amines) is 1. The summed E-state index contributed by atoms with van der Waals surface area (Å²) in [6.45, 7) is -1.17. The summed E-state index contributed by atoms with van der Waals surface area (Å²) in [6, 6.07) is 3.06. The third-order valence-electron chi connectivity index (χ3n) is 4.60. The molecule has 31 heavy (non-hydrogen) atoms. The van der Waals surface area contributed by atoms with Crippen LogP contribution in [-0.4, -0.2) is 64.2 Å². The lowest BCUT2D eigenvalue weighted by atomic mass is 9.94. The zero-order chi connectivity index (χ0) is 23.2. The predicted octanol–water partition coefficient (Wildman–Crippen LogP) is 3.58. The molecular formula is C18H22F4N2O6S. The molecule has 0 unspecified atom stereocenters. The molecule has 13 heteroatoms. The fraction of sp³-hybridized carbons (Fsp3) is 0.556. The van der Waals surface area contributed by atoms with Crippen molar-refractivity contribution in [2.75, 3.05) is 37.9 Å². The molecule has 8 nitrogen and oxygen atoms in total. The number of nitrogens with one attached hydrogen (secondary N) is 1. The van der Waals surface area contributed by atoms with E-state index < -0.39 is 40.6 Å². The van der Waals surface area contributed by atoms with Crippen LogP contribution in [0.4, 0.5) is 32.8 Å². The van der Waals surface area contributed by atoms with Gasteiger partial charge in [0.1, 0.15) is 5.82 Å². The Morgan fingerprint density at radius 2 is 1.84 bits per heavy atom. The van der Waals surface area contributed by atoms with Crippen molar-refractivity contribution in [2.45, 2.75) is 30.3 Å². The molecule has 0 aliphatic carbocycles. The van der Waals surface area contributed by atoms with E-state index in [4.69, 9.17) is 4.74 Å². The van der Waals surface area contributed by atoms with Crippen molar-refractivity contribution in [3.05, 3.63) is 24.0 Å². The number of nitrogens with zero attached hydrogens (tertiary/aromatic N) is 1. The molecule has 174 valence electrons. The zero-order valence-electron chi connectivity index (χ0n) is 16.6. The SMILES string of the molecule is CS(=O)(=O)c1ccc(NC(=O)OCCC2CCN(C(=O)OCC(F)(F)F)CC2)c(F)c1. The molecule has 2 amide bonds. The van der Waals surface area contributed by atoms with E-state index in [9.17, 15) is 35.6 Å². The molecule has 1 fully saturated rings. The first-order valence-corrected chi connectivity index (χ1v) is 11.2. The summed E-state index contributed by atoms with van der Waals surface area (Å²) in [6.07, 6.45) is -4.12. The lowest BCUT2D eigenvalue weighted by Gasteiger charge is -2.31. The highest BCUT2D eigenvalue weighted by atomic mass is 32.2.